The summed E-state index contributed by atoms with van der Waals surface area (Å²) in [4.78, 5) is 38.1. The molecule has 0 unspecified atom stereocenters. The summed E-state index contributed by atoms with van der Waals surface area (Å²) >= 11 is 0. The van der Waals surface area contributed by atoms with Gasteiger partial charge in [-0.15, -0.1) is 0 Å². The average Bonchev–Trinajstić information content (AvgIpc) is 2.72. The van der Waals surface area contributed by atoms with E-state index < -0.39 is 24.0 Å². The number of carboxylic acid groups (broad SMARTS) is 1. The van der Waals surface area contributed by atoms with Crippen LogP contribution < -0.4 is 5.32 Å². The Labute approximate surface area is 166 Å². The lowest BCUT2D eigenvalue weighted by molar-refractivity contribution is -0.148. The van der Waals surface area contributed by atoms with Crippen molar-refractivity contribution >= 4 is 17.8 Å². The first kappa shape index (κ1) is 21.9. The van der Waals surface area contributed by atoms with E-state index >= 15 is 0 Å². The average molecular weight is 390 g/mol. The van der Waals surface area contributed by atoms with Crippen LogP contribution in [0.4, 0.5) is 4.79 Å². The van der Waals surface area contributed by atoms with Gasteiger partial charge in [0.05, 0.1) is 6.42 Å². The Morgan fingerprint density at radius 2 is 2.00 bits per heavy atom. The van der Waals surface area contributed by atoms with Crippen molar-refractivity contribution in [3.8, 4) is 0 Å². The smallest absolute Gasteiger partial charge is 0.408 e. The molecule has 0 aliphatic carbocycles. The number of piperazine rings is 1. The highest BCUT2D eigenvalue weighted by atomic mass is 16.5. The number of hydrogen-bond acceptors (Lipinski definition) is 5. The number of carbonyl (C=O) groups excluding carboxylic acids is 2. The van der Waals surface area contributed by atoms with Gasteiger partial charge in [-0.2, -0.15) is 0 Å². The molecule has 0 spiro atoms. The van der Waals surface area contributed by atoms with Crippen LogP contribution in [0.15, 0.2) is 30.3 Å². The molecule has 1 saturated heterocycles. The highest BCUT2D eigenvalue weighted by Crippen LogP contribution is 2.21. The summed E-state index contributed by atoms with van der Waals surface area (Å²) in [5, 5.41) is 12.5. The Morgan fingerprint density at radius 3 is 2.68 bits per heavy atom. The predicted molar refractivity (Wildman–Crippen MR) is 105 cm³/mol. The van der Waals surface area contributed by atoms with E-state index in [4.69, 9.17) is 4.74 Å². The van der Waals surface area contributed by atoms with E-state index in [9.17, 15) is 19.5 Å². The van der Waals surface area contributed by atoms with Crippen LogP contribution in [0.2, 0.25) is 0 Å². The Kier molecular flexibility index (Phi) is 8.94. The van der Waals surface area contributed by atoms with Gasteiger partial charge in [0.15, 0.2) is 5.78 Å². The van der Waals surface area contributed by atoms with Crippen LogP contribution in [-0.4, -0.2) is 53.5 Å². The third-order valence-electron chi connectivity index (χ3n) is 5.03. The van der Waals surface area contributed by atoms with Crippen molar-refractivity contribution in [3.05, 3.63) is 35.9 Å². The van der Waals surface area contributed by atoms with E-state index in [1.165, 1.54) is 4.90 Å². The third-order valence-corrected chi connectivity index (χ3v) is 5.03. The summed E-state index contributed by atoms with van der Waals surface area (Å²) in [5.74, 6) is -1.15. The minimum atomic E-state index is -1.10. The maximum absolute atomic E-state index is 13.1. The van der Waals surface area contributed by atoms with Gasteiger partial charge in [-0.1, -0.05) is 56.5 Å². The fourth-order valence-corrected chi connectivity index (χ4v) is 3.44. The molecule has 1 amide bonds. The van der Waals surface area contributed by atoms with E-state index in [1.54, 1.807) is 0 Å². The first-order chi connectivity index (χ1) is 13.5. The highest BCUT2D eigenvalue weighted by Gasteiger charge is 2.36. The second-order valence-electron chi connectivity index (χ2n) is 7.14. The van der Waals surface area contributed by atoms with Gasteiger partial charge >= 0.3 is 12.1 Å². The molecule has 154 valence electrons. The maximum atomic E-state index is 13.1. The number of esters is 1. The summed E-state index contributed by atoms with van der Waals surface area (Å²) in [7, 11) is 0. The molecule has 7 heteroatoms. The molecule has 0 aromatic heterocycles. The van der Waals surface area contributed by atoms with Crippen LogP contribution in [0.5, 0.6) is 0 Å². The largest absolute Gasteiger partial charge is 0.465 e. The number of Topliss-reactive ketones (excluding diaryl/α,β-unsaturated/α-hetero) is 1. The lowest BCUT2D eigenvalue weighted by atomic mass is 9.88. The minimum absolute atomic E-state index is 0.0145. The van der Waals surface area contributed by atoms with E-state index in [1.807, 2.05) is 30.3 Å². The van der Waals surface area contributed by atoms with Gasteiger partial charge in [0.2, 0.25) is 0 Å². The number of ether oxygens (including phenoxy) is 1. The predicted octanol–water partition coefficient (Wildman–Crippen LogP) is 2.84. The van der Waals surface area contributed by atoms with Gasteiger partial charge in [-0.05, 0) is 12.0 Å². The summed E-state index contributed by atoms with van der Waals surface area (Å²) in [5.41, 5.74) is 0.887. The second-order valence-corrected chi connectivity index (χ2v) is 7.14. The second kappa shape index (κ2) is 11.4. The number of benzene rings is 1. The molecule has 1 aromatic carbocycles. The van der Waals surface area contributed by atoms with Crippen LogP contribution in [0, 0.1) is 5.92 Å². The molecule has 2 N–H and O–H groups in total. The first-order valence-corrected chi connectivity index (χ1v) is 9.96. The first-order valence-electron chi connectivity index (χ1n) is 9.96. The quantitative estimate of drug-likeness (QED) is 0.471. The van der Waals surface area contributed by atoms with Crippen LogP contribution in [0.3, 0.4) is 0 Å². The van der Waals surface area contributed by atoms with Crippen LogP contribution >= 0.6 is 0 Å². The molecule has 0 radical (unpaired) electrons. The monoisotopic (exact) mass is 390 g/mol. The normalized spacial score (nSPS) is 17.8. The van der Waals surface area contributed by atoms with Gasteiger partial charge in [0.25, 0.3) is 0 Å². The molecule has 28 heavy (non-hydrogen) atoms. The zero-order chi connectivity index (χ0) is 20.4. The van der Waals surface area contributed by atoms with Gasteiger partial charge in [0, 0.05) is 25.6 Å². The highest BCUT2D eigenvalue weighted by molar-refractivity contribution is 5.91. The Morgan fingerprint density at radius 1 is 1.25 bits per heavy atom. The molecule has 0 saturated carbocycles. The lowest BCUT2D eigenvalue weighted by Gasteiger charge is -2.34. The number of ketones is 1. The number of rotatable bonds is 10. The van der Waals surface area contributed by atoms with E-state index in [0.717, 1.165) is 24.8 Å². The van der Waals surface area contributed by atoms with Gasteiger partial charge in [0.1, 0.15) is 12.6 Å². The zero-order valence-corrected chi connectivity index (χ0v) is 16.4. The van der Waals surface area contributed by atoms with Crippen molar-refractivity contribution in [3.63, 3.8) is 0 Å². The van der Waals surface area contributed by atoms with Crippen molar-refractivity contribution in [2.24, 2.45) is 5.92 Å². The van der Waals surface area contributed by atoms with Gasteiger partial charge in [-0.25, -0.2) is 4.79 Å². The number of hydrogen-bond donors (Lipinski definition) is 2. The molecule has 1 aliphatic heterocycles. The summed E-state index contributed by atoms with van der Waals surface area (Å²) < 4.78 is 5.34. The van der Waals surface area contributed by atoms with E-state index in [0.29, 0.717) is 13.0 Å². The van der Waals surface area contributed by atoms with Crippen molar-refractivity contribution in [2.75, 3.05) is 19.6 Å². The minimum Gasteiger partial charge on any atom is -0.465 e. The topological polar surface area (TPSA) is 95.9 Å². The van der Waals surface area contributed by atoms with Crippen LogP contribution in [-0.2, 0) is 20.9 Å². The van der Waals surface area contributed by atoms with Crippen molar-refractivity contribution in [1.29, 1.82) is 0 Å². The Hall–Kier alpha value is -2.41. The lowest BCUT2D eigenvalue weighted by Crippen LogP contribution is -2.58. The number of unbranched alkanes of at least 4 members (excludes halogenated alkanes) is 2. The SMILES string of the molecule is CCCCC[C@H](CC(=O)OCc1ccccc1)C(=O)[C@@H]1CNCCN1C(=O)O. The molecule has 7 nitrogen and oxygen atoms in total. The molecule has 0 bridgehead atoms. The summed E-state index contributed by atoms with van der Waals surface area (Å²) in [6.45, 7) is 3.32. The van der Waals surface area contributed by atoms with Gasteiger partial charge < -0.3 is 15.2 Å². The maximum Gasteiger partial charge on any atom is 0.408 e. The molecular formula is C21H30N2O5. The number of nitrogens with zero attached hydrogens (tertiary/aromatic N) is 1. The number of nitrogens with one attached hydrogen (secondary N) is 1. The Bertz CT molecular complexity index is 649. The number of amides is 1. The van der Waals surface area contributed by atoms with Crippen molar-refractivity contribution in [1.82, 2.24) is 10.2 Å². The zero-order valence-electron chi connectivity index (χ0n) is 16.4. The standard InChI is InChI=1S/C21H30N2O5/c1-2-3-5-10-17(13-19(24)28-15-16-8-6-4-7-9-16)20(25)18-14-22-11-12-23(18)21(26)27/h4,6-9,17-18,22H,2-3,5,10-15H2,1H3,(H,26,27)/t17-,18+/m1/s1. The summed E-state index contributed by atoms with van der Waals surface area (Å²) in [6.07, 6.45) is 2.25. The molecule has 1 fully saturated rings. The third kappa shape index (κ3) is 6.64. The molecule has 1 heterocycles. The molecule has 1 aliphatic rings. The van der Waals surface area contributed by atoms with E-state index in [2.05, 4.69) is 12.2 Å². The summed E-state index contributed by atoms with van der Waals surface area (Å²) in [6, 6.07) is 8.62. The molecule has 2 atom stereocenters. The Balaban J connectivity index is 1.99. The van der Waals surface area contributed by atoms with Crippen molar-refractivity contribution in [2.45, 2.75) is 51.7 Å². The molecule has 2 rings (SSSR count). The van der Waals surface area contributed by atoms with E-state index in [-0.39, 0.29) is 31.9 Å². The van der Waals surface area contributed by atoms with Crippen LogP contribution in [0.25, 0.3) is 0 Å². The van der Waals surface area contributed by atoms with Crippen LogP contribution in [0.1, 0.15) is 44.6 Å². The molecular weight excluding hydrogens is 360 g/mol. The molecule has 1 aromatic rings. The van der Waals surface area contributed by atoms with Gasteiger partial charge in [-0.3, -0.25) is 14.5 Å². The fourth-order valence-electron chi connectivity index (χ4n) is 3.44. The number of carbonyl (C=O) groups is 3. The van der Waals surface area contributed by atoms with Crippen molar-refractivity contribution < 1.29 is 24.2 Å². The fraction of sp³-hybridized carbons (Fsp3) is 0.571.